The number of alkyl halides is 1. The van der Waals surface area contributed by atoms with Crippen molar-refractivity contribution in [1.29, 1.82) is 0 Å². The van der Waals surface area contributed by atoms with Crippen LogP contribution in [0.3, 0.4) is 0 Å². The first-order chi connectivity index (χ1) is 5.43. The predicted octanol–water partition coefficient (Wildman–Crippen LogP) is 1.52. The zero-order valence-corrected chi connectivity index (χ0v) is 6.88. The van der Waals surface area contributed by atoms with E-state index in [-0.39, 0.29) is 0 Å². The van der Waals surface area contributed by atoms with E-state index in [0.29, 0.717) is 5.88 Å². The van der Waals surface area contributed by atoms with Gasteiger partial charge in [-0.2, -0.15) is 5.10 Å². The lowest BCUT2D eigenvalue weighted by Crippen LogP contribution is -2.03. The molecule has 0 aliphatic carbocycles. The van der Waals surface area contributed by atoms with Gasteiger partial charge in [0.2, 0.25) is 0 Å². The topological polar surface area (TPSA) is 37.8 Å². The van der Waals surface area contributed by atoms with E-state index in [1.54, 1.807) is 6.20 Å². The number of halogens is 1. The van der Waals surface area contributed by atoms with E-state index in [1.807, 2.05) is 12.1 Å². The maximum Gasteiger partial charge on any atom is 0.148 e. The molecule has 0 amide bonds. The van der Waals surface area contributed by atoms with Gasteiger partial charge in [-0.15, -0.1) is 16.7 Å². The molecule has 0 saturated heterocycles. The molecule has 0 aliphatic rings. The summed E-state index contributed by atoms with van der Waals surface area (Å²) in [6.45, 7) is 0.849. The van der Waals surface area contributed by atoms with Crippen LogP contribution in [-0.2, 0) is 0 Å². The van der Waals surface area contributed by atoms with Crippen molar-refractivity contribution < 1.29 is 0 Å². The summed E-state index contributed by atoms with van der Waals surface area (Å²) in [4.78, 5) is 0. The zero-order valence-electron chi connectivity index (χ0n) is 6.13. The van der Waals surface area contributed by atoms with Crippen molar-refractivity contribution in [3.05, 3.63) is 18.3 Å². The van der Waals surface area contributed by atoms with Gasteiger partial charge in [0.15, 0.2) is 0 Å². The Bertz CT molecular complexity index is 190. The third-order valence-corrected chi connectivity index (χ3v) is 1.46. The first-order valence-electron chi connectivity index (χ1n) is 3.51. The van der Waals surface area contributed by atoms with Crippen molar-refractivity contribution in [3.63, 3.8) is 0 Å². The van der Waals surface area contributed by atoms with Crippen LogP contribution in [0.2, 0.25) is 0 Å². The molecule has 0 spiro atoms. The lowest BCUT2D eigenvalue weighted by Gasteiger charge is -2.00. The summed E-state index contributed by atoms with van der Waals surface area (Å²) < 4.78 is 0. The maximum atomic E-state index is 5.49. The van der Waals surface area contributed by atoms with Crippen LogP contribution in [0.4, 0.5) is 5.82 Å². The fourth-order valence-corrected chi connectivity index (χ4v) is 0.813. The van der Waals surface area contributed by atoms with Crippen LogP contribution in [0.1, 0.15) is 6.42 Å². The van der Waals surface area contributed by atoms with Gasteiger partial charge in [0, 0.05) is 18.6 Å². The molecule has 0 unspecified atom stereocenters. The average molecular weight is 172 g/mol. The first-order valence-corrected chi connectivity index (χ1v) is 4.04. The van der Waals surface area contributed by atoms with Crippen molar-refractivity contribution in [3.8, 4) is 0 Å². The highest BCUT2D eigenvalue weighted by Gasteiger charge is 1.89. The highest BCUT2D eigenvalue weighted by atomic mass is 35.5. The summed E-state index contributed by atoms with van der Waals surface area (Å²) >= 11 is 5.49. The van der Waals surface area contributed by atoms with Gasteiger partial charge in [0.25, 0.3) is 0 Å². The third-order valence-electron chi connectivity index (χ3n) is 1.19. The Kier molecular flexibility index (Phi) is 3.69. The Balaban J connectivity index is 2.28. The molecule has 60 valence electrons. The monoisotopic (exact) mass is 171 g/mol. The van der Waals surface area contributed by atoms with Crippen molar-refractivity contribution in [1.82, 2.24) is 10.2 Å². The molecule has 1 aromatic heterocycles. The Labute approximate surface area is 70.8 Å². The van der Waals surface area contributed by atoms with Gasteiger partial charge in [-0.1, -0.05) is 0 Å². The minimum Gasteiger partial charge on any atom is -0.369 e. The summed E-state index contributed by atoms with van der Waals surface area (Å²) in [5.41, 5.74) is 0. The van der Waals surface area contributed by atoms with Crippen LogP contribution >= 0.6 is 11.6 Å². The summed E-state index contributed by atoms with van der Waals surface area (Å²) in [6.07, 6.45) is 2.59. The molecule has 11 heavy (non-hydrogen) atoms. The molecule has 0 bridgehead atoms. The molecule has 0 aromatic carbocycles. The van der Waals surface area contributed by atoms with Gasteiger partial charge in [-0.05, 0) is 18.6 Å². The summed E-state index contributed by atoms with van der Waals surface area (Å²) in [6, 6.07) is 3.72. The van der Waals surface area contributed by atoms with E-state index in [4.69, 9.17) is 11.6 Å². The summed E-state index contributed by atoms with van der Waals surface area (Å²) in [5, 5.41) is 10.7. The van der Waals surface area contributed by atoms with Crippen molar-refractivity contribution in [2.45, 2.75) is 6.42 Å². The fraction of sp³-hybridized carbons (Fsp3) is 0.429. The Morgan fingerprint density at radius 2 is 2.45 bits per heavy atom. The molecule has 0 radical (unpaired) electrons. The standard InChI is InChI=1S/C7H10ClN3/c8-4-2-5-9-7-3-1-6-10-11-7/h1,3,6H,2,4-5H2,(H,9,11). The number of aromatic nitrogens is 2. The fourth-order valence-electron chi connectivity index (χ4n) is 0.679. The van der Waals surface area contributed by atoms with E-state index in [9.17, 15) is 0 Å². The Hall–Kier alpha value is -0.830. The first kappa shape index (κ1) is 8.27. The quantitative estimate of drug-likeness (QED) is 0.552. The molecule has 1 heterocycles. The second-order valence-corrected chi connectivity index (χ2v) is 2.46. The van der Waals surface area contributed by atoms with Crippen LogP contribution in [0, 0.1) is 0 Å². The minimum atomic E-state index is 0.674. The van der Waals surface area contributed by atoms with E-state index >= 15 is 0 Å². The van der Waals surface area contributed by atoms with Gasteiger partial charge in [-0.25, -0.2) is 0 Å². The molecule has 0 saturated carbocycles. The lowest BCUT2D eigenvalue weighted by molar-refractivity contribution is 0.948. The maximum absolute atomic E-state index is 5.49. The number of nitrogens with one attached hydrogen (secondary N) is 1. The van der Waals surface area contributed by atoms with Gasteiger partial charge in [-0.3, -0.25) is 0 Å². The number of nitrogens with zero attached hydrogens (tertiary/aromatic N) is 2. The molecule has 0 fully saturated rings. The van der Waals surface area contributed by atoms with E-state index in [2.05, 4.69) is 15.5 Å². The SMILES string of the molecule is ClCCCNc1cccnn1. The number of hydrogen-bond acceptors (Lipinski definition) is 3. The molecule has 1 rings (SSSR count). The van der Waals surface area contributed by atoms with Gasteiger partial charge >= 0.3 is 0 Å². The van der Waals surface area contributed by atoms with Crippen LogP contribution in [0.15, 0.2) is 18.3 Å². The minimum absolute atomic E-state index is 0.674. The lowest BCUT2D eigenvalue weighted by atomic mass is 10.4. The number of rotatable bonds is 4. The predicted molar refractivity (Wildman–Crippen MR) is 45.9 cm³/mol. The van der Waals surface area contributed by atoms with E-state index in [0.717, 1.165) is 18.8 Å². The third kappa shape index (κ3) is 3.18. The Morgan fingerprint density at radius 1 is 1.55 bits per heavy atom. The highest BCUT2D eigenvalue weighted by molar-refractivity contribution is 6.17. The van der Waals surface area contributed by atoms with Crippen LogP contribution in [-0.4, -0.2) is 22.6 Å². The van der Waals surface area contributed by atoms with Gasteiger partial charge in [0.1, 0.15) is 5.82 Å². The van der Waals surface area contributed by atoms with Crippen molar-refractivity contribution in [2.75, 3.05) is 17.7 Å². The highest BCUT2D eigenvalue weighted by Crippen LogP contribution is 1.97. The largest absolute Gasteiger partial charge is 0.369 e. The molecule has 1 aromatic rings. The van der Waals surface area contributed by atoms with Gasteiger partial charge in [0.05, 0.1) is 0 Å². The molecular weight excluding hydrogens is 162 g/mol. The Morgan fingerprint density at radius 3 is 3.09 bits per heavy atom. The van der Waals surface area contributed by atoms with E-state index in [1.165, 1.54) is 0 Å². The molecule has 0 atom stereocenters. The average Bonchev–Trinajstić information content (AvgIpc) is 2.07. The zero-order chi connectivity index (χ0) is 7.94. The summed E-state index contributed by atoms with van der Waals surface area (Å²) in [5.74, 6) is 1.48. The molecule has 1 N–H and O–H groups in total. The second-order valence-electron chi connectivity index (χ2n) is 2.08. The number of anilines is 1. The molecular formula is C7H10ClN3. The van der Waals surface area contributed by atoms with Crippen LogP contribution in [0.5, 0.6) is 0 Å². The smallest absolute Gasteiger partial charge is 0.148 e. The molecule has 4 heteroatoms. The summed E-state index contributed by atoms with van der Waals surface area (Å²) in [7, 11) is 0. The normalized spacial score (nSPS) is 9.55. The number of hydrogen-bond donors (Lipinski definition) is 1. The van der Waals surface area contributed by atoms with Gasteiger partial charge < -0.3 is 5.32 Å². The second kappa shape index (κ2) is 4.91. The van der Waals surface area contributed by atoms with Crippen LogP contribution < -0.4 is 5.32 Å². The van der Waals surface area contributed by atoms with Crippen LogP contribution in [0.25, 0.3) is 0 Å². The van der Waals surface area contributed by atoms with E-state index < -0.39 is 0 Å². The van der Waals surface area contributed by atoms with Crippen molar-refractivity contribution >= 4 is 17.4 Å². The van der Waals surface area contributed by atoms with Crippen molar-refractivity contribution in [2.24, 2.45) is 0 Å². The molecule has 0 aliphatic heterocycles. The molecule has 3 nitrogen and oxygen atoms in total.